The summed E-state index contributed by atoms with van der Waals surface area (Å²) in [6.45, 7) is 1.98. The van der Waals surface area contributed by atoms with Crippen molar-refractivity contribution in [3.05, 3.63) is 98.4 Å². The van der Waals surface area contributed by atoms with Crippen LogP contribution < -0.4 is 4.74 Å². The van der Waals surface area contributed by atoms with Crippen molar-refractivity contribution in [2.45, 2.75) is 43.7 Å². The van der Waals surface area contributed by atoms with Gasteiger partial charge in [-0.25, -0.2) is 4.99 Å². The summed E-state index contributed by atoms with van der Waals surface area (Å²) in [6, 6.07) is 23.5. The highest BCUT2D eigenvalue weighted by molar-refractivity contribution is 9.10. The fourth-order valence-corrected chi connectivity index (χ4v) is 6.15. The molecular formula is C31H32Br2N2O4. The maximum Gasteiger partial charge on any atom is 0.255 e. The lowest BCUT2D eigenvalue weighted by molar-refractivity contribution is -0.140. The van der Waals surface area contributed by atoms with Crippen LogP contribution in [0, 0.1) is 0 Å². The third-order valence-corrected chi connectivity index (χ3v) is 8.75. The molecule has 0 bridgehead atoms. The molecule has 6 nitrogen and oxygen atoms in total. The molecule has 0 unspecified atom stereocenters. The first-order valence-electron chi connectivity index (χ1n) is 13.4. The summed E-state index contributed by atoms with van der Waals surface area (Å²) < 4.78 is 14.2. The van der Waals surface area contributed by atoms with Crippen LogP contribution in [-0.2, 0) is 16.0 Å². The minimum absolute atomic E-state index is 0.00216. The van der Waals surface area contributed by atoms with Crippen LogP contribution >= 0.6 is 31.9 Å². The molecule has 2 aliphatic heterocycles. The normalized spacial score (nSPS) is 20.8. The number of rotatable bonds is 9. The van der Waals surface area contributed by atoms with Gasteiger partial charge in [0.2, 0.25) is 5.90 Å². The number of benzene rings is 3. The van der Waals surface area contributed by atoms with Gasteiger partial charge in [-0.2, -0.15) is 0 Å². The summed E-state index contributed by atoms with van der Waals surface area (Å²) >= 11 is 7.42. The van der Waals surface area contributed by atoms with Gasteiger partial charge in [0.15, 0.2) is 11.6 Å². The Hall–Kier alpha value is -2.68. The zero-order valence-corrected chi connectivity index (χ0v) is 24.9. The number of aliphatic hydroxyl groups excluding tert-OH is 1. The van der Waals surface area contributed by atoms with E-state index in [0.717, 1.165) is 58.0 Å². The van der Waals surface area contributed by atoms with E-state index in [4.69, 9.17) is 19.6 Å². The predicted molar refractivity (Wildman–Crippen MR) is 159 cm³/mol. The maximum absolute atomic E-state index is 14.6. The number of aliphatic imine (C=N–C) groups is 1. The largest absolute Gasteiger partial charge is 0.494 e. The Morgan fingerprint density at radius 1 is 0.974 bits per heavy atom. The zero-order chi connectivity index (χ0) is 27.2. The van der Waals surface area contributed by atoms with E-state index in [1.54, 1.807) is 0 Å². The average Bonchev–Trinajstić information content (AvgIpc) is 3.35. The number of halogens is 2. The lowest BCUT2D eigenvalue weighted by Gasteiger charge is -2.37. The second-order valence-corrected chi connectivity index (χ2v) is 11.6. The summed E-state index contributed by atoms with van der Waals surface area (Å²) in [4.78, 5) is 21.7. The molecule has 0 spiro atoms. The molecular weight excluding hydrogens is 624 g/mol. The molecule has 2 heterocycles. The molecule has 1 fully saturated rings. The first-order chi connectivity index (χ1) is 19.0. The average molecular weight is 656 g/mol. The van der Waals surface area contributed by atoms with Crippen LogP contribution in [0.5, 0.6) is 5.75 Å². The highest BCUT2D eigenvalue weighted by Gasteiger charge is 2.55. The van der Waals surface area contributed by atoms with Crippen molar-refractivity contribution in [1.29, 1.82) is 0 Å². The number of nitrogens with zero attached hydrogens (tertiary/aromatic N) is 2. The molecule has 0 aliphatic carbocycles. The SMILES string of the molecule is O=C(N1CCCCC1)[C@]1(Cc2ccccc2Br)N=C(c2ccc(OCCCO)cc2)O[C@@H]1c1ccccc1Br. The molecule has 0 aromatic heterocycles. The quantitative estimate of drug-likeness (QED) is 0.268. The first-order valence-corrected chi connectivity index (χ1v) is 15.0. The molecule has 1 N–H and O–H groups in total. The standard InChI is InChI=1S/C31H32Br2N2O4/c32-26-11-4-2-9-23(26)21-31(30(37)35-17-6-1-7-18-35)28(25-10-3-5-12-27(25)33)39-29(34-31)22-13-15-24(16-14-22)38-20-8-19-36/h2-5,9-16,28,36H,1,6-8,17-21H2/t28-,31-/m1/s1. The first kappa shape index (κ1) is 27.9. The van der Waals surface area contributed by atoms with Crippen LogP contribution in [0.4, 0.5) is 0 Å². The number of amides is 1. The summed E-state index contributed by atoms with van der Waals surface area (Å²) in [5, 5.41) is 9.03. The Balaban J connectivity index is 1.60. The highest BCUT2D eigenvalue weighted by atomic mass is 79.9. The van der Waals surface area contributed by atoms with Crippen LogP contribution in [0.15, 0.2) is 86.7 Å². The second kappa shape index (κ2) is 12.7. The number of carbonyl (C=O) groups is 1. The molecule has 39 heavy (non-hydrogen) atoms. The van der Waals surface area contributed by atoms with Crippen LogP contribution in [-0.4, -0.2) is 53.7 Å². The Kier molecular flexibility index (Phi) is 9.05. The minimum atomic E-state index is -1.18. The molecule has 1 saturated heterocycles. The van der Waals surface area contributed by atoms with Crippen molar-refractivity contribution in [3.63, 3.8) is 0 Å². The molecule has 0 radical (unpaired) electrons. The monoisotopic (exact) mass is 654 g/mol. The predicted octanol–water partition coefficient (Wildman–Crippen LogP) is 6.48. The van der Waals surface area contributed by atoms with Gasteiger partial charge in [-0.05, 0) is 61.2 Å². The summed E-state index contributed by atoms with van der Waals surface area (Å²) in [6.07, 6.45) is 3.46. The molecule has 0 saturated carbocycles. The van der Waals surface area contributed by atoms with Crippen molar-refractivity contribution in [2.75, 3.05) is 26.3 Å². The summed E-state index contributed by atoms with van der Waals surface area (Å²) in [7, 11) is 0. The molecule has 2 aliphatic rings. The van der Waals surface area contributed by atoms with Gasteiger partial charge in [0.25, 0.3) is 5.91 Å². The van der Waals surface area contributed by atoms with E-state index in [0.29, 0.717) is 31.1 Å². The molecule has 5 rings (SSSR count). The smallest absolute Gasteiger partial charge is 0.255 e. The molecule has 1 amide bonds. The third-order valence-electron chi connectivity index (χ3n) is 7.26. The van der Waals surface area contributed by atoms with Gasteiger partial charge in [0.1, 0.15) is 5.75 Å². The zero-order valence-electron chi connectivity index (χ0n) is 21.7. The fraction of sp³-hybridized carbons (Fsp3) is 0.355. The van der Waals surface area contributed by atoms with Crippen molar-refractivity contribution in [2.24, 2.45) is 4.99 Å². The van der Waals surface area contributed by atoms with E-state index < -0.39 is 11.6 Å². The van der Waals surface area contributed by atoms with Gasteiger partial charge in [-0.15, -0.1) is 0 Å². The van der Waals surface area contributed by atoms with Crippen LogP contribution in [0.3, 0.4) is 0 Å². The van der Waals surface area contributed by atoms with E-state index in [1.807, 2.05) is 77.7 Å². The number of carbonyl (C=O) groups excluding carboxylic acids is 1. The lowest BCUT2D eigenvalue weighted by atomic mass is 9.81. The van der Waals surface area contributed by atoms with Crippen molar-refractivity contribution >= 4 is 43.7 Å². The summed E-state index contributed by atoms with van der Waals surface area (Å²) in [5.41, 5.74) is 1.48. The molecule has 2 atom stereocenters. The number of hydrogen-bond donors (Lipinski definition) is 1. The van der Waals surface area contributed by atoms with Gasteiger partial charge < -0.3 is 19.5 Å². The van der Waals surface area contributed by atoms with Gasteiger partial charge in [-0.1, -0.05) is 68.3 Å². The third kappa shape index (κ3) is 6.08. The van der Waals surface area contributed by atoms with Gasteiger partial charge in [-0.3, -0.25) is 4.79 Å². The van der Waals surface area contributed by atoms with E-state index >= 15 is 0 Å². The Labute approximate surface area is 246 Å². The number of piperidine rings is 1. The second-order valence-electron chi connectivity index (χ2n) is 9.93. The van der Waals surface area contributed by atoms with E-state index in [-0.39, 0.29) is 12.5 Å². The molecule has 3 aromatic carbocycles. The molecule has 3 aromatic rings. The van der Waals surface area contributed by atoms with Crippen LogP contribution in [0.25, 0.3) is 0 Å². The minimum Gasteiger partial charge on any atom is -0.494 e. The maximum atomic E-state index is 14.6. The Bertz CT molecular complexity index is 1320. The van der Waals surface area contributed by atoms with Crippen molar-refractivity contribution in [1.82, 2.24) is 4.90 Å². The summed E-state index contributed by atoms with van der Waals surface area (Å²) in [5.74, 6) is 1.14. The Morgan fingerprint density at radius 2 is 1.67 bits per heavy atom. The van der Waals surface area contributed by atoms with E-state index in [2.05, 4.69) is 31.9 Å². The molecule has 8 heteroatoms. The fourth-order valence-electron chi connectivity index (χ4n) is 5.24. The topological polar surface area (TPSA) is 71.4 Å². The number of ether oxygens (including phenoxy) is 2. The van der Waals surface area contributed by atoms with Gasteiger partial charge in [0, 0.05) is 52.6 Å². The van der Waals surface area contributed by atoms with Crippen LogP contribution in [0.1, 0.15) is 48.5 Å². The van der Waals surface area contributed by atoms with E-state index in [9.17, 15) is 4.79 Å². The number of aliphatic hydroxyl groups is 1. The van der Waals surface area contributed by atoms with Crippen molar-refractivity contribution in [3.8, 4) is 5.75 Å². The van der Waals surface area contributed by atoms with Crippen molar-refractivity contribution < 1.29 is 19.4 Å². The Morgan fingerprint density at radius 3 is 2.36 bits per heavy atom. The number of hydrogen-bond acceptors (Lipinski definition) is 5. The number of likely N-dealkylation sites (tertiary alicyclic amines) is 1. The van der Waals surface area contributed by atoms with Gasteiger partial charge >= 0.3 is 0 Å². The van der Waals surface area contributed by atoms with Gasteiger partial charge in [0.05, 0.1) is 6.61 Å². The lowest BCUT2D eigenvalue weighted by Crippen LogP contribution is -2.53. The molecule has 204 valence electrons. The van der Waals surface area contributed by atoms with Crippen LogP contribution in [0.2, 0.25) is 0 Å². The highest BCUT2D eigenvalue weighted by Crippen LogP contribution is 2.46. The van der Waals surface area contributed by atoms with E-state index in [1.165, 1.54) is 0 Å².